The molecule has 29 heavy (non-hydrogen) atoms. The zero-order valence-electron chi connectivity index (χ0n) is 15.1. The molecule has 8 heteroatoms. The number of benzene rings is 2. The van der Waals surface area contributed by atoms with Gasteiger partial charge in [0, 0.05) is 17.2 Å². The lowest BCUT2D eigenvalue weighted by molar-refractivity contribution is -0.132. The van der Waals surface area contributed by atoms with Crippen molar-refractivity contribution in [3.8, 4) is 0 Å². The van der Waals surface area contributed by atoms with Gasteiger partial charge in [-0.25, -0.2) is 8.78 Å². The molecule has 4 rings (SSSR count). The third-order valence-electron chi connectivity index (χ3n) is 4.62. The molecule has 0 bridgehead atoms. The molecule has 0 spiro atoms. The summed E-state index contributed by atoms with van der Waals surface area (Å²) >= 11 is 0. The van der Waals surface area contributed by atoms with Crippen molar-refractivity contribution in [2.75, 3.05) is 4.90 Å². The lowest BCUT2D eigenvalue weighted by Crippen LogP contribution is -2.30. The molecule has 1 aliphatic heterocycles. The highest BCUT2D eigenvalue weighted by Crippen LogP contribution is 2.42. The number of rotatable bonds is 3. The van der Waals surface area contributed by atoms with Gasteiger partial charge >= 0.3 is 5.91 Å². The van der Waals surface area contributed by atoms with Crippen molar-refractivity contribution >= 4 is 23.3 Å². The largest absolute Gasteiger partial charge is 0.507 e. The zero-order chi connectivity index (χ0) is 20.7. The standard InChI is InChI=1S/C21H14F2N2O4/c1-11-10-16(24-29-11)25-18(14-4-2-3-5-15(14)23)17(20(27)21(25)28)19(26)12-6-8-13(22)9-7-12/h2-10,18,26H,1H3/b19-17+/t18-/m1/s1. The van der Waals surface area contributed by atoms with Crippen LogP contribution in [0.15, 0.2) is 64.7 Å². The van der Waals surface area contributed by atoms with E-state index >= 15 is 0 Å². The Kier molecular flexibility index (Phi) is 4.46. The van der Waals surface area contributed by atoms with Crippen molar-refractivity contribution < 1.29 is 28.0 Å². The Morgan fingerprint density at radius 2 is 1.79 bits per heavy atom. The van der Waals surface area contributed by atoms with E-state index in [9.17, 15) is 23.5 Å². The first-order chi connectivity index (χ1) is 13.9. The molecule has 3 aromatic rings. The number of aryl methyl sites for hydroxylation is 1. The van der Waals surface area contributed by atoms with Crippen molar-refractivity contribution in [1.82, 2.24) is 5.16 Å². The van der Waals surface area contributed by atoms with Gasteiger partial charge in [0.05, 0.1) is 11.6 Å². The average Bonchev–Trinajstić information content (AvgIpc) is 3.23. The summed E-state index contributed by atoms with van der Waals surface area (Å²) in [7, 11) is 0. The summed E-state index contributed by atoms with van der Waals surface area (Å²) < 4.78 is 32.9. The maximum atomic E-state index is 14.6. The van der Waals surface area contributed by atoms with E-state index in [0.717, 1.165) is 17.0 Å². The van der Waals surface area contributed by atoms with Crippen LogP contribution in [0.1, 0.15) is 22.9 Å². The maximum Gasteiger partial charge on any atom is 0.301 e. The molecule has 0 aliphatic carbocycles. The Morgan fingerprint density at radius 3 is 2.41 bits per heavy atom. The second-order valence-corrected chi connectivity index (χ2v) is 6.49. The quantitative estimate of drug-likeness (QED) is 0.413. The van der Waals surface area contributed by atoms with E-state index in [1.54, 1.807) is 13.0 Å². The van der Waals surface area contributed by atoms with E-state index in [1.165, 1.54) is 36.4 Å². The second-order valence-electron chi connectivity index (χ2n) is 6.49. The fraction of sp³-hybridized carbons (Fsp3) is 0.0952. The molecule has 1 saturated heterocycles. The van der Waals surface area contributed by atoms with Crippen LogP contribution in [-0.2, 0) is 9.59 Å². The lowest BCUT2D eigenvalue weighted by atomic mass is 9.95. The number of amides is 1. The van der Waals surface area contributed by atoms with Gasteiger partial charge in [-0.15, -0.1) is 0 Å². The Morgan fingerprint density at radius 1 is 1.10 bits per heavy atom. The summed E-state index contributed by atoms with van der Waals surface area (Å²) in [4.78, 5) is 26.6. The predicted molar refractivity (Wildman–Crippen MR) is 98.8 cm³/mol. The highest BCUT2D eigenvalue weighted by atomic mass is 19.1. The van der Waals surface area contributed by atoms with Crippen LogP contribution >= 0.6 is 0 Å². The molecular formula is C21H14F2N2O4. The molecule has 1 aliphatic rings. The number of carbonyl (C=O) groups is 2. The minimum Gasteiger partial charge on any atom is -0.507 e. The number of carbonyl (C=O) groups excluding carboxylic acids is 2. The number of halogens is 2. The number of nitrogens with zero attached hydrogens (tertiary/aromatic N) is 2. The summed E-state index contributed by atoms with van der Waals surface area (Å²) in [6, 6.07) is 10.5. The smallest absolute Gasteiger partial charge is 0.301 e. The van der Waals surface area contributed by atoms with E-state index in [1.807, 2.05) is 0 Å². The summed E-state index contributed by atoms with van der Waals surface area (Å²) in [5.41, 5.74) is -0.217. The van der Waals surface area contributed by atoms with Crippen LogP contribution in [0.5, 0.6) is 0 Å². The second kappa shape index (κ2) is 6.97. The molecule has 6 nitrogen and oxygen atoms in total. The molecule has 1 aromatic heterocycles. The summed E-state index contributed by atoms with van der Waals surface area (Å²) in [6.07, 6.45) is 0. The van der Waals surface area contributed by atoms with Crippen LogP contribution in [-0.4, -0.2) is 22.0 Å². The molecule has 1 atom stereocenters. The first kappa shape index (κ1) is 18.5. The van der Waals surface area contributed by atoms with Gasteiger partial charge in [0.2, 0.25) is 0 Å². The van der Waals surface area contributed by atoms with Gasteiger partial charge in [-0.1, -0.05) is 23.4 Å². The monoisotopic (exact) mass is 396 g/mol. The predicted octanol–water partition coefficient (Wildman–Crippen LogP) is 3.89. The number of ketones is 1. The Bertz CT molecular complexity index is 1150. The molecule has 0 saturated carbocycles. The maximum absolute atomic E-state index is 14.6. The van der Waals surface area contributed by atoms with E-state index < -0.39 is 35.1 Å². The molecular weight excluding hydrogens is 382 g/mol. The Balaban J connectivity index is 1.97. The van der Waals surface area contributed by atoms with Crippen molar-refractivity contribution in [2.24, 2.45) is 0 Å². The van der Waals surface area contributed by atoms with Crippen LogP contribution < -0.4 is 4.90 Å². The highest BCUT2D eigenvalue weighted by molar-refractivity contribution is 6.51. The summed E-state index contributed by atoms with van der Waals surface area (Å²) in [5.74, 6) is -3.36. The third kappa shape index (κ3) is 3.08. The minimum atomic E-state index is -1.27. The van der Waals surface area contributed by atoms with Gasteiger partial charge in [0.15, 0.2) is 5.82 Å². The number of anilines is 1. The van der Waals surface area contributed by atoms with Crippen LogP contribution in [0.2, 0.25) is 0 Å². The van der Waals surface area contributed by atoms with Crippen molar-refractivity contribution in [2.45, 2.75) is 13.0 Å². The van der Waals surface area contributed by atoms with Crippen molar-refractivity contribution in [3.63, 3.8) is 0 Å². The normalized spacial score (nSPS) is 18.4. The van der Waals surface area contributed by atoms with Crippen LogP contribution in [0.3, 0.4) is 0 Å². The van der Waals surface area contributed by atoms with E-state index in [2.05, 4.69) is 5.16 Å². The van der Waals surface area contributed by atoms with Crippen LogP contribution in [0.25, 0.3) is 5.76 Å². The molecule has 1 amide bonds. The molecule has 1 fully saturated rings. The zero-order valence-corrected chi connectivity index (χ0v) is 15.1. The van der Waals surface area contributed by atoms with Crippen molar-refractivity contribution in [3.05, 3.63) is 88.7 Å². The van der Waals surface area contributed by atoms with Gasteiger partial charge in [0.25, 0.3) is 5.78 Å². The van der Waals surface area contributed by atoms with Gasteiger partial charge in [-0.3, -0.25) is 14.5 Å². The van der Waals surface area contributed by atoms with Crippen LogP contribution in [0, 0.1) is 18.6 Å². The summed E-state index contributed by atoms with van der Waals surface area (Å²) in [5, 5.41) is 14.6. The average molecular weight is 396 g/mol. The minimum absolute atomic E-state index is 0.00369. The number of aromatic nitrogens is 1. The highest BCUT2D eigenvalue weighted by Gasteiger charge is 2.48. The number of hydrogen-bond acceptors (Lipinski definition) is 5. The van der Waals surface area contributed by atoms with Gasteiger partial charge in [-0.2, -0.15) is 0 Å². The van der Waals surface area contributed by atoms with Gasteiger partial charge in [-0.05, 0) is 37.3 Å². The number of Topliss-reactive ketones (excluding diaryl/α,β-unsaturated/α-hetero) is 1. The Labute approximate surface area is 163 Å². The molecule has 0 unspecified atom stereocenters. The molecule has 0 radical (unpaired) electrons. The van der Waals surface area contributed by atoms with Crippen LogP contribution in [0.4, 0.5) is 14.6 Å². The topological polar surface area (TPSA) is 83.6 Å². The lowest BCUT2D eigenvalue weighted by Gasteiger charge is -2.23. The number of hydrogen-bond donors (Lipinski definition) is 1. The Hall–Kier alpha value is -3.81. The van der Waals surface area contributed by atoms with E-state index in [0.29, 0.717) is 5.76 Å². The molecule has 146 valence electrons. The molecule has 2 aromatic carbocycles. The summed E-state index contributed by atoms with van der Waals surface area (Å²) in [6.45, 7) is 1.60. The van der Waals surface area contributed by atoms with Gasteiger partial charge < -0.3 is 9.63 Å². The van der Waals surface area contributed by atoms with Gasteiger partial charge in [0.1, 0.15) is 23.2 Å². The first-order valence-electron chi connectivity index (χ1n) is 8.63. The van der Waals surface area contributed by atoms with Crippen molar-refractivity contribution in [1.29, 1.82) is 0 Å². The fourth-order valence-corrected chi connectivity index (χ4v) is 3.29. The number of aliphatic hydroxyl groups excluding tert-OH is 1. The van der Waals surface area contributed by atoms with E-state index in [-0.39, 0.29) is 22.5 Å². The molecule has 1 N–H and O–H groups in total. The third-order valence-corrected chi connectivity index (χ3v) is 4.62. The molecule has 2 heterocycles. The number of aliphatic hydroxyl groups is 1. The fourth-order valence-electron chi connectivity index (χ4n) is 3.29. The SMILES string of the molecule is Cc1cc(N2C(=O)C(=O)/C(=C(/O)c3ccc(F)cc3)[C@H]2c2ccccc2F)no1. The van der Waals surface area contributed by atoms with E-state index in [4.69, 9.17) is 4.52 Å². The first-order valence-corrected chi connectivity index (χ1v) is 8.63.